The second-order valence-electron chi connectivity index (χ2n) is 7.30. The number of nitrogens with zero attached hydrogens (tertiary/aromatic N) is 1. The van der Waals surface area contributed by atoms with Gasteiger partial charge in [-0.1, -0.05) is 13.8 Å². The first-order valence-corrected chi connectivity index (χ1v) is 10.9. The zero-order chi connectivity index (χ0) is 19.4. The number of benzene rings is 1. The summed E-state index contributed by atoms with van der Waals surface area (Å²) in [5, 5.41) is 0. The molecule has 1 aromatic heterocycles. The number of hydrogen-bond acceptors (Lipinski definition) is 5. The highest BCUT2D eigenvalue weighted by atomic mass is 32.2. The van der Waals surface area contributed by atoms with E-state index >= 15 is 0 Å². The number of rotatable bonds is 7. The Morgan fingerprint density at radius 2 is 2.00 bits per heavy atom. The van der Waals surface area contributed by atoms with Crippen LogP contribution in [0.1, 0.15) is 36.4 Å². The standard InChI is InChI=1S/C20H25NO5S/c1-15(2)13-26-18-7-5-16(6-8-18)20(22)21(12-19-4-3-10-25-19)17-9-11-27(23,24)14-17/h3-8,10,15,17H,9,11-14H2,1-2H3/t17-/m1/s1. The second kappa shape index (κ2) is 8.17. The monoisotopic (exact) mass is 391 g/mol. The molecule has 1 atom stereocenters. The molecule has 1 amide bonds. The highest BCUT2D eigenvalue weighted by Gasteiger charge is 2.35. The Hall–Kier alpha value is -2.28. The minimum Gasteiger partial charge on any atom is -0.493 e. The number of hydrogen-bond donors (Lipinski definition) is 0. The molecule has 0 bridgehead atoms. The van der Waals surface area contributed by atoms with Crippen LogP contribution in [0.2, 0.25) is 0 Å². The maximum Gasteiger partial charge on any atom is 0.254 e. The molecule has 146 valence electrons. The Balaban J connectivity index is 1.77. The molecule has 1 fully saturated rings. The fraction of sp³-hybridized carbons (Fsp3) is 0.450. The van der Waals surface area contributed by atoms with E-state index in [1.165, 1.54) is 0 Å². The van der Waals surface area contributed by atoms with Gasteiger partial charge in [-0.05, 0) is 48.7 Å². The van der Waals surface area contributed by atoms with E-state index in [1.54, 1.807) is 47.6 Å². The van der Waals surface area contributed by atoms with Gasteiger partial charge in [-0.25, -0.2) is 8.42 Å². The molecule has 3 rings (SSSR count). The lowest BCUT2D eigenvalue weighted by Crippen LogP contribution is -2.40. The van der Waals surface area contributed by atoms with Crippen LogP contribution in [0.3, 0.4) is 0 Å². The summed E-state index contributed by atoms with van der Waals surface area (Å²) in [6.45, 7) is 5.00. The number of sulfone groups is 1. The zero-order valence-electron chi connectivity index (χ0n) is 15.6. The van der Waals surface area contributed by atoms with Crippen molar-refractivity contribution in [1.29, 1.82) is 0 Å². The van der Waals surface area contributed by atoms with E-state index in [1.807, 2.05) is 0 Å². The van der Waals surface area contributed by atoms with Crippen molar-refractivity contribution in [1.82, 2.24) is 4.90 Å². The smallest absolute Gasteiger partial charge is 0.254 e. The van der Waals surface area contributed by atoms with Crippen LogP contribution in [-0.2, 0) is 16.4 Å². The normalized spacial score (nSPS) is 18.6. The first-order chi connectivity index (χ1) is 12.8. The molecule has 27 heavy (non-hydrogen) atoms. The topological polar surface area (TPSA) is 76.8 Å². The van der Waals surface area contributed by atoms with E-state index in [-0.39, 0.29) is 30.0 Å². The number of amides is 1. The van der Waals surface area contributed by atoms with Crippen LogP contribution in [0.4, 0.5) is 0 Å². The Morgan fingerprint density at radius 3 is 2.56 bits per heavy atom. The molecule has 0 spiro atoms. The molecule has 1 aromatic carbocycles. The van der Waals surface area contributed by atoms with Crippen molar-refractivity contribution in [3.05, 3.63) is 54.0 Å². The van der Waals surface area contributed by atoms with Crippen LogP contribution < -0.4 is 4.74 Å². The van der Waals surface area contributed by atoms with Crippen LogP contribution in [-0.4, -0.2) is 43.4 Å². The summed E-state index contributed by atoms with van der Waals surface area (Å²) in [6, 6.07) is 10.2. The van der Waals surface area contributed by atoms with Crippen molar-refractivity contribution in [3.8, 4) is 5.75 Å². The SMILES string of the molecule is CC(C)COc1ccc(C(=O)N(Cc2ccco2)[C@@H]2CCS(=O)(=O)C2)cc1. The van der Waals surface area contributed by atoms with Crippen LogP contribution in [0.5, 0.6) is 5.75 Å². The van der Waals surface area contributed by atoms with E-state index in [0.29, 0.717) is 36.0 Å². The molecule has 2 heterocycles. The highest BCUT2D eigenvalue weighted by molar-refractivity contribution is 7.91. The van der Waals surface area contributed by atoms with Gasteiger partial charge in [0.15, 0.2) is 9.84 Å². The number of ether oxygens (including phenoxy) is 1. The van der Waals surface area contributed by atoms with Crippen molar-refractivity contribution in [2.24, 2.45) is 5.92 Å². The van der Waals surface area contributed by atoms with Gasteiger partial charge in [0.05, 0.1) is 30.9 Å². The van der Waals surface area contributed by atoms with Gasteiger partial charge in [0.2, 0.25) is 0 Å². The summed E-state index contributed by atoms with van der Waals surface area (Å²) in [6.07, 6.45) is 1.99. The molecule has 1 saturated heterocycles. The molecule has 1 aliphatic rings. The lowest BCUT2D eigenvalue weighted by Gasteiger charge is -2.27. The van der Waals surface area contributed by atoms with Crippen molar-refractivity contribution in [3.63, 3.8) is 0 Å². The Labute approximate surface area is 160 Å². The van der Waals surface area contributed by atoms with Crippen molar-refractivity contribution in [2.45, 2.75) is 32.9 Å². The molecular weight excluding hydrogens is 366 g/mol. The summed E-state index contributed by atoms with van der Waals surface area (Å²) in [5.41, 5.74) is 0.503. The number of carbonyl (C=O) groups is 1. The molecule has 7 heteroatoms. The lowest BCUT2D eigenvalue weighted by molar-refractivity contribution is 0.0666. The summed E-state index contributed by atoms with van der Waals surface area (Å²) in [7, 11) is -3.10. The van der Waals surface area contributed by atoms with E-state index in [2.05, 4.69) is 13.8 Å². The molecular formula is C20H25NO5S. The fourth-order valence-electron chi connectivity index (χ4n) is 3.08. The largest absolute Gasteiger partial charge is 0.493 e. The number of furan rings is 1. The first-order valence-electron chi connectivity index (χ1n) is 9.11. The predicted molar refractivity (Wildman–Crippen MR) is 102 cm³/mol. The van der Waals surface area contributed by atoms with Gasteiger partial charge in [-0.15, -0.1) is 0 Å². The lowest BCUT2D eigenvalue weighted by atomic mass is 10.1. The first kappa shape index (κ1) is 19.5. The average molecular weight is 391 g/mol. The Morgan fingerprint density at radius 1 is 1.26 bits per heavy atom. The van der Waals surface area contributed by atoms with E-state index in [9.17, 15) is 13.2 Å². The molecule has 0 radical (unpaired) electrons. The molecule has 0 unspecified atom stereocenters. The van der Waals surface area contributed by atoms with Gasteiger partial charge >= 0.3 is 0 Å². The Bertz CT molecular complexity index is 856. The zero-order valence-corrected chi connectivity index (χ0v) is 16.4. The summed E-state index contributed by atoms with van der Waals surface area (Å²) >= 11 is 0. The molecule has 0 aliphatic carbocycles. The fourth-order valence-corrected chi connectivity index (χ4v) is 4.81. The maximum absolute atomic E-state index is 13.1. The third-order valence-electron chi connectivity index (χ3n) is 4.50. The third-order valence-corrected chi connectivity index (χ3v) is 6.25. The number of carbonyl (C=O) groups excluding carboxylic acids is 1. The summed E-state index contributed by atoms with van der Waals surface area (Å²) in [5.74, 6) is 1.66. The molecule has 0 N–H and O–H groups in total. The summed E-state index contributed by atoms with van der Waals surface area (Å²) in [4.78, 5) is 14.7. The van der Waals surface area contributed by atoms with Crippen molar-refractivity contribution < 1.29 is 22.4 Å². The molecule has 6 nitrogen and oxygen atoms in total. The minimum absolute atomic E-state index is 0.00493. The third kappa shape index (κ3) is 5.13. The second-order valence-corrected chi connectivity index (χ2v) is 9.53. The maximum atomic E-state index is 13.1. The average Bonchev–Trinajstić information content (AvgIpc) is 3.27. The van der Waals surface area contributed by atoms with Crippen LogP contribution in [0.15, 0.2) is 47.1 Å². The molecule has 0 saturated carbocycles. The van der Waals surface area contributed by atoms with Crippen molar-refractivity contribution >= 4 is 15.7 Å². The van der Waals surface area contributed by atoms with Gasteiger partial charge in [0, 0.05) is 11.6 Å². The van der Waals surface area contributed by atoms with E-state index in [4.69, 9.17) is 9.15 Å². The van der Waals surface area contributed by atoms with Crippen LogP contribution in [0, 0.1) is 5.92 Å². The summed E-state index contributed by atoms with van der Waals surface area (Å²) < 4.78 is 34.8. The Kier molecular flexibility index (Phi) is 5.89. The minimum atomic E-state index is -3.10. The predicted octanol–water partition coefficient (Wildman–Crippen LogP) is 3.14. The van der Waals surface area contributed by atoms with Gasteiger partial charge < -0.3 is 14.1 Å². The highest BCUT2D eigenvalue weighted by Crippen LogP contribution is 2.23. The van der Waals surface area contributed by atoms with E-state index < -0.39 is 9.84 Å². The van der Waals surface area contributed by atoms with Gasteiger partial charge in [-0.3, -0.25) is 4.79 Å². The molecule has 2 aromatic rings. The van der Waals surface area contributed by atoms with E-state index in [0.717, 1.165) is 0 Å². The van der Waals surface area contributed by atoms with Gasteiger partial charge in [0.25, 0.3) is 5.91 Å². The van der Waals surface area contributed by atoms with Crippen molar-refractivity contribution in [2.75, 3.05) is 18.1 Å². The van der Waals surface area contributed by atoms with Gasteiger partial charge in [-0.2, -0.15) is 0 Å². The molecule has 1 aliphatic heterocycles. The van der Waals surface area contributed by atoms with Crippen LogP contribution in [0.25, 0.3) is 0 Å². The van der Waals surface area contributed by atoms with Crippen LogP contribution >= 0.6 is 0 Å². The quantitative estimate of drug-likeness (QED) is 0.725. The van der Waals surface area contributed by atoms with Gasteiger partial charge in [0.1, 0.15) is 11.5 Å².